The molecule has 0 radical (unpaired) electrons. The first-order valence-electron chi connectivity index (χ1n) is 7.18. The molecule has 0 bridgehead atoms. The number of hydrogen-bond acceptors (Lipinski definition) is 3. The van der Waals surface area contributed by atoms with Gasteiger partial charge in [0.05, 0.1) is 3.57 Å². The molecule has 1 saturated heterocycles. The van der Waals surface area contributed by atoms with Gasteiger partial charge in [0.15, 0.2) is 5.69 Å². The Balaban J connectivity index is 1.83. The Hall–Kier alpha value is -0.630. The zero-order chi connectivity index (χ0) is 14.7. The first-order chi connectivity index (χ1) is 9.45. The Labute approximate surface area is 134 Å². The molecule has 5 nitrogen and oxygen atoms in total. The number of piperidine rings is 1. The fraction of sp³-hybridized carbons (Fsp3) is 0.714. The summed E-state index contributed by atoms with van der Waals surface area (Å²) in [5, 5.41) is 7.25. The molecule has 1 aromatic rings. The van der Waals surface area contributed by atoms with Gasteiger partial charge in [0, 0.05) is 25.8 Å². The molecular weight excluding hydrogens is 367 g/mol. The first kappa shape index (κ1) is 15.8. The maximum atomic E-state index is 12.2. The molecule has 1 amide bonds. The van der Waals surface area contributed by atoms with Crippen LogP contribution in [-0.4, -0.2) is 46.3 Å². The Morgan fingerprint density at radius 1 is 1.55 bits per heavy atom. The van der Waals surface area contributed by atoms with Crippen molar-refractivity contribution in [3.8, 4) is 0 Å². The van der Waals surface area contributed by atoms with Gasteiger partial charge in [-0.1, -0.05) is 6.92 Å². The Bertz CT molecular complexity index is 466. The Morgan fingerprint density at radius 2 is 2.20 bits per heavy atom. The van der Waals surface area contributed by atoms with Gasteiger partial charge in [0.1, 0.15) is 0 Å². The number of amides is 1. The molecule has 0 saturated carbocycles. The van der Waals surface area contributed by atoms with E-state index in [0.717, 1.165) is 29.1 Å². The third-order valence-corrected chi connectivity index (χ3v) is 4.57. The van der Waals surface area contributed by atoms with E-state index in [1.54, 1.807) is 4.68 Å². The lowest BCUT2D eigenvalue weighted by Crippen LogP contribution is -2.44. The second-order valence-electron chi connectivity index (χ2n) is 5.86. The van der Waals surface area contributed by atoms with E-state index in [1.165, 1.54) is 12.8 Å². The lowest BCUT2D eigenvalue weighted by molar-refractivity contribution is 0.0915. The Morgan fingerprint density at radius 3 is 2.75 bits per heavy atom. The maximum Gasteiger partial charge on any atom is 0.273 e. The Kier molecular flexibility index (Phi) is 5.42. The number of likely N-dealkylation sites (tertiary alicyclic amines) is 1. The molecule has 1 aromatic heterocycles. The minimum atomic E-state index is -0.0760. The van der Waals surface area contributed by atoms with Crippen LogP contribution in [0, 0.1) is 9.49 Å². The number of hydrogen-bond donors (Lipinski definition) is 1. The van der Waals surface area contributed by atoms with Gasteiger partial charge in [-0.15, -0.1) is 0 Å². The highest BCUT2D eigenvalue weighted by Gasteiger charge is 2.20. The van der Waals surface area contributed by atoms with Crippen LogP contribution in [0.4, 0.5) is 0 Å². The summed E-state index contributed by atoms with van der Waals surface area (Å²) in [6.45, 7) is 7.57. The normalized spacial score (nSPS) is 19.0. The summed E-state index contributed by atoms with van der Waals surface area (Å²) >= 11 is 2.15. The average molecular weight is 390 g/mol. The SMILES string of the molecule is CC1CCN(C[C@H](C)NC(=O)c2nn(C)cc2I)CC1. The van der Waals surface area contributed by atoms with Gasteiger partial charge in [0.2, 0.25) is 0 Å². The quantitative estimate of drug-likeness (QED) is 0.799. The van der Waals surface area contributed by atoms with Crippen LogP contribution in [0.2, 0.25) is 0 Å². The van der Waals surface area contributed by atoms with E-state index < -0.39 is 0 Å². The van der Waals surface area contributed by atoms with Crippen LogP contribution in [0.15, 0.2) is 6.20 Å². The second kappa shape index (κ2) is 6.89. The summed E-state index contributed by atoms with van der Waals surface area (Å²) in [6, 6.07) is 0.147. The highest BCUT2D eigenvalue weighted by molar-refractivity contribution is 14.1. The number of carbonyl (C=O) groups is 1. The van der Waals surface area contributed by atoms with E-state index in [0.29, 0.717) is 5.69 Å². The van der Waals surface area contributed by atoms with Gasteiger partial charge in [0.25, 0.3) is 5.91 Å². The van der Waals surface area contributed by atoms with E-state index in [-0.39, 0.29) is 11.9 Å². The number of nitrogens with zero attached hydrogens (tertiary/aromatic N) is 3. The predicted octanol–water partition coefficient (Wildman–Crippen LogP) is 1.87. The van der Waals surface area contributed by atoms with Crippen molar-refractivity contribution in [1.29, 1.82) is 0 Å². The molecule has 1 aliphatic rings. The van der Waals surface area contributed by atoms with Gasteiger partial charge in [-0.05, 0) is 61.4 Å². The summed E-state index contributed by atoms with van der Waals surface area (Å²) in [6.07, 6.45) is 4.38. The summed E-state index contributed by atoms with van der Waals surface area (Å²) in [7, 11) is 1.83. The van der Waals surface area contributed by atoms with Crippen molar-refractivity contribution >= 4 is 28.5 Å². The predicted molar refractivity (Wildman–Crippen MR) is 87.7 cm³/mol. The van der Waals surface area contributed by atoms with E-state index in [4.69, 9.17) is 0 Å². The molecule has 1 aliphatic heterocycles. The number of carbonyl (C=O) groups excluding carboxylic acids is 1. The van der Waals surface area contributed by atoms with Gasteiger partial charge in [-0.2, -0.15) is 5.10 Å². The van der Waals surface area contributed by atoms with Crippen molar-refractivity contribution in [1.82, 2.24) is 20.0 Å². The van der Waals surface area contributed by atoms with Crippen LogP contribution in [-0.2, 0) is 7.05 Å². The van der Waals surface area contributed by atoms with Crippen molar-refractivity contribution in [2.45, 2.75) is 32.7 Å². The number of aryl methyl sites for hydroxylation is 1. The average Bonchev–Trinajstić information content (AvgIpc) is 2.71. The first-order valence-corrected chi connectivity index (χ1v) is 8.26. The van der Waals surface area contributed by atoms with E-state index >= 15 is 0 Å². The second-order valence-corrected chi connectivity index (χ2v) is 7.02. The molecule has 0 spiro atoms. The van der Waals surface area contributed by atoms with Crippen molar-refractivity contribution in [3.05, 3.63) is 15.5 Å². The van der Waals surface area contributed by atoms with E-state index in [2.05, 4.69) is 51.8 Å². The summed E-state index contributed by atoms with van der Waals surface area (Å²) in [4.78, 5) is 14.6. The third-order valence-electron chi connectivity index (χ3n) is 3.79. The number of rotatable bonds is 4. The smallest absolute Gasteiger partial charge is 0.273 e. The van der Waals surface area contributed by atoms with Gasteiger partial charge in [-0.3, -0.25) is 9.48 Å². The van der Waals surface area contributed by atoms with E-state index in [1.807, 2.05) is 13.2 Å². The molecule has 20 heavy (non-hydrogen) atoms. The molecule has 1 atom stereocenters. The zero-order valence-corrected chi connectivity index (χ0v) is 14.6. The highest BCUT2D eigenvalue weighted by atomic mass is 127. The van der Waals surface area contributed by atoms with E-state index in [9.17, 15) is 4.79 Å². The van der Waals surface area contributed by atoms with Gasteiger partial charge >= 0.3 is 0 Å². The summed E-state index contributed by atoms with van der Waals surface area (Å²) in [5.74, 6) is 0.763. The molecule has 2 rings (SSSR count). The lowest BCUT2D eigenvalue weighted by Gasteiger charge is -2.32. The molecular formula is C14H23IN4O. The van der Waals surface area contributed by atoms with Crippen LogP contribution >= 0.6 is 22.6 Å². The molecule has 2 heterocycles. The number of nitrogens with one attached hydrogen (secondary N) is 1. The van der Waals surface area contributed by atoms with Crippen molar-refractivity contribution in [3.63, 3.8) is 0 Å². The van der Waals surface area contributed by atoms with Gasteiger partial charge < -0.3 is 10.2 Å². The highest BCUT2D eigenvalue weighted by Crippen LogP contribution is 2.16. The van der Waals surface area contributed by atoms with Crippen LogP contribution in [0.5, 0.6) is 0 Å². The zero-order valence-electron chi connectivity index (χ0n) is 12.4. The summed E-state index contributed by atoms with van der Waals surface area (Å²) in [5.41, 5.74) is 0.521. The molecule has 0 unspecified atom stereocenters. The number of halogens is 1. The molecule has 0 aromatic carbocycles. The fourth-order valence-corrected chi connectivity index (χ4v) is 3.34. The standard InChI is InChI=1S/C14H23IN4O/c1-10-4-6-19(7-5-10)8-11(2)16-14(20)13-12(15)9-18(3)17-13/h9-11H,4-8H2,1-3H3,(H,16,20)/t11-/m0/s1. The molecule has 1 fully saturated rings. The van der Waals surface area contributed by atoms with Crippen LogP contribution < -0.4 is 5.32 Å². The third kappa shape index (κ3) is 4.18. The summed E-state index contributed by atoms with van der Waals surface area (Å²) < 4.78 is 2.56. The van der Waals surface area contributed by atoms with Crippen molar-refractivity contribution in [2.24, 2.45) is 13.0 Å². The maximum absolute atomic E-state index is 12.2. The van der Waals surface area contributed by atoms with Gasteiger partial charge in [-0.25, -0.2) is 0 Å². The number of aromatic nitrogens is 2. The lowest BCUT2D eigenvalue weighted by atomic mass is 9.99. The van der Waals surface area contributed by atoms with Crippen molar-refractivity contribution in [2.75, 3.05) is 19.6 Å². The monoisotopic (exact) mass is 390 g/mol. The van der Waals surface area contributed by atoms with Crippen LogP contribution in [0.1, 0.15) is 37.2 Å². The molecule has 6 heteroatoms. The van der Waals surface area contributed by atoms with Crippen LogP contribution in [0.3, 0.4) is 0 Å². The molecule has 112 valence electrons. The van der Waals surface area contributed by atoms with Crippen LogP contribution in [0.25, 0.3) is 0 Å². The minimum absolute atomic E-state index is 0.0760. The molecule has 0 aliphatic carbocycles. The fourth-order valence-electron chi connectivity index (χ4n) is 2.58. The van der Waals surface area contributed by atoms with Crippen molar-refractivity contribution < 1.29 is 4.79 Å². The largest absolute Gasteiger partial charge is 0.347 e. The topological polar surface area (TPSA) is 50.2 Å². The minimum Gasteiger partial charge on any atom is -0.347 e. The molecule has 1 N–H and O–H groups in total.